The summed E-state index contributed by atoms with van der Waals surface area (Å²) in [4.78, 5) is 24.2. The van der Waals surface area contributed by atoms with Crippen LogP contribution in [0.25, 0.3) is 22.4 Å². The molecule has 2 N–H and O–H groups in total. The minimum Gasteiger partial charge on any atom is -0.338 e. The van der Waals surface area contributed by atoms with E-state index in [1.807, 2.05) is 13.0 Å². The summed E-state index contributed by atoms with van der Waals surface area (Å²) >= 11 is 6.00. The van der Waals surface area contributed by atoms with Crippen molar-refractivity contribution in [2.24, 2.45) is 4.99 Å². The molecule has 0 unspecified atom stereocenters. The zero-order chi connectivity index (χ0) is 18.7. The van der Waals surface area contributed by atoms with Gasteiger partial charge in [-0.3, -0.25) is 4.79 Å². The highest BCUT2D eigenvalue weighted by Crippen LogP contribution is 2.21. The molecule has 0 radical (unpaired) electrons. The minimum absolute atomic E-state index is 0.351. The van der Waals surface area contributed by atoms with E-state index < -0.39 is 0 Å². The number of hydrogen-bond donors (Lipinski definition) is 2. The Hall–Kier alpha value is -3.25. The number of nitrogens with one attached hydrogen (secondary N) is 2. The first-order chi connectivity index (χ1) is 12.5. The van der Waals surface area contributed by atoms with Crippen molar-refractivity contribution < 1.29 is 0 Å². The first-order valence-electron chi connectivity index (χ1n) is 7.80. The van der Waals surface area contributed by atoms with Gasteiger partial charge in [-0.1, -0.05) is 30.8 Å². The maximum absolute atomic E-state index is 12.3. The average molecular weight is 366 g/mol. The molecular formula is C19H16ClN5O. The Morgan fingerprint density at radius 2 is 2.15 bits per heavy atom. The third-order valence-corrected chi connectivity index (χ3v) is 3.82. The summed E-state index contributed by atoms with van der Waals surface area (Å²) in [6, 6.07) is 6.92. The summed E-state index contributed by atoms with van der Waals surface area (Å²) in [6.45, 7) is 9.29. The largest absolute Gasteiger partial charge is 0.338 e. The van der Waals surface area contributed by atoms with Gasteiger partial charge in [0.15, 0.2) is 0 Å². The number of benzene rings is 1. The number of allylic oxidation sites excluding steroid dienone is 3. The predicted octanol–water partition coefficient (Wildman–Crippen LogP) is 4.03. The quantitative estimate of drug-likeness (QED) is 0.528. The van der Waals surface area contributed by atoms with Gasteiger partial charge in [0.05, 0.1) is 28.0 Å². The molecule has 6 nitrogen and oxygen atoms in total. The second kappa shape index (κ2) is 7.33. The molecule has 130 valence electrons. The van der Waals surface area contributed by atoms with E-state index in [1.54, 1.807) is 36.4 Å². The van der Waals surface area contributed by atoms with E-state index in [4.69, 9.17) is 11.6 Å². The van der Waals surface area contributed by atoms with Gasteiger partial charge in [0.25, 0.3) is 5.56 Å². The van der Waals surface area contributed by atoms with Crippen molar-refractivity contribution in [1.29, 1.82) is 0 Å². The number of halogens is 1. The van der Waals surface area contributed by atoms with E-state index in [0.717, 1.165) is 5.52 Å². The van der Waals surface area contributed by atoms with Gasteiger partial charge in [0.1, 0.15) is 11.5 Å². The first kappa shape index (κ1) is 17.6. The molecule has 3 aromatic rings. The second-order valence-corrected chi connectivity index (χ2v) is 5.87. The fourth-order valence-electron chi connectivity index (χ4n) is 2.36. The number of hydrogen-bond acceptors (Lipinski definition) is 4. The molecule has 0 fully saturated rings. The number of imidazole rings is 1. The number of aromatic nitrogens is 4. The van der Waals surface area contributed by atoms with Crippen molar-refractivity contribution in [2.75, 3.05) is 0 Å². The van der Waals surface area contributed by atoms with E-state index in [2.05, 4.69) is 38.3 Å². The van der Waals surface area contributed by atoms with Gasteiger partial charge in [0.2, 0.25) is 0 Å². The van der Waals surface area contributed by atoms with Crippen molar-refractivity contribution in [3.8, 4) is 11.4 Å². The molecule has 0 atom stereocenters. The standard InChI is InChI=1S/C19H16ClN5O/c1-4-6-14(21-11(3)5-2)17-10-13(19(26)25-24-17)18-22-15-8-7-12(20)9-16(15)23-18/h4-10H,2-3H2,1H3,(H,22,23)(H,25,26)/b6-4-,21-14?. The molecule has 0 bridgehead atoms. The lowest BCUT2D eigenvalue weighted by atomic mass is 10.1. The Bertz CT molecular complexity index is 1120. The van der Waals surface area contributed by atoms with E-state index in [-0.39, 0.29) is 5.56 Å². The van der Waals surface area contributed by atoms with Gasteiger partial charge in [-0.15, -0.1) is 0 Å². The van der Waals surface area contributed by atoms with Crippen molar-refractivity contribution in [3.63, 3.8) is 0 Å². The summed E-state index contributed by atoms with van der Waals surface area (Å²) in [5.74, 6) is 0.426. The monoisotopic (exact) mass is 365 g/mol. The smallest absolute Gasteiger partial charge is 0.275 e. The molecule has 26 heavy (non-hydrogen) atoms. The third kappa shape index (κ3) is 3.55. The van der Waals surface area contributed by atoms with Gasteiger partial charge in [0, 0.05) is 5.02 Å². The van der Waals surface area contributed by atoms with Crippen LogP contribution in [-0.2, 0) is 0 Å². The molecule has 0 saturated carbocycles. The molecule has 2 aromatic heterocycles. The summed E-state index contributed by atoms with van der Waals surface area (Å²) in [5.41, 5.74) is 2.97. The fraction of sp³-hybridized carbons (Fsp3) is 0.0526. The SMILES string of the molecule is C=CC(=C)N=C(/C=C\C)c1cc(-c2nc3ccc(Cl)cc3[nH]2)c(=O)[nH]n1. The topological polar surface area (TPSA) is 86.8 Å². The van der Waals surface area contributed by atoms with E-state index >= 15 is 0 Å². The van der Waals surface area contributed by atoms with Crippen LogP contribution in [0.4, 0.5) is 0 Å². The van der Waals surface area contributed by atoms with Crippen molar-refractivity contribution in [3.05, 3.63) is 82.4 Å². The summed E-state index contributed by atoms with van der Waals surface area (Å²) < 4.78 is 0. The maximum atomic E-state index is 12.3. The average Bonchev–Trinajstić information content (AvgIpc) is 3.04. The Kier molecular flexibility index (Phi) is 4.95. The molecule has 3 rings (SSSR count). The van der Waals surface area contributed by atoms with Gasteiger partial charge in [-0.05, 0) is 43.3 Å². The van der Waals surface area contributed by atoms with Gasteiger partial charge in [-0.25, -0.2) is 15.1 Å². The molecule has 0 aliphatic rings. The number of aliphatic imine (C=N–C) groups is 1. The number of H-pyrrole nitrogens is 2. The molecule has 0 spiro atoms. The summed E-state index contributed by atoms with van der Waals surface area (Å²) in [7, 11) is 0. The van der Waals surface area contributed by atoms with Crippen LogP contribution in [0.5, 0.6) is 0 Å². The highest BCUT2D eigenvalue weighted by Gasteiger charge is 2.13. The zero-order valence-corrected chi connectivity index (χ0v) is 14.8. The molecule has 0 aliphatic heterocycles. The molecule has 0 amide bonds. The fourth-order valence-corrected chi connectivity index (χ4v) is 2.53. The normalized spacial score (nSPS) is 12.0. The van der Waals surface area contributed by atoms with Crippen LogP contribution in [0.1, 0.15) is 12.6 Å². The Morgan fingerprint density at radius 1 is 1.35 bits per heavy atom. The van der Waals surface area contributed by atoms with Crippen molar-refractivity contribution in [1.82, 2.24) is 20.2 Å². The maximum Gasteiger partial charge on any atom is 0.275 e. The van der Waals surface area contributed by atoms with Crippen molar-refractivity contribution >= 4 is 28.3 Å². The van der Waals surface area contributed by atoms with Crippen LogP contribution in [0.15, 0.2) is 71.1 Å². The molecule has 2 heterocycles. The Labute approximate surface area is 154 Å². The molecule has 7 heteroatoms. The van der Waals surface area contributed by atoms with E-state index in [9.17, 15) is 4.79 Å². The summed E-state index contributed by atoms with van der Waals surface area (Å²) in [5, 5.41) is 7.16. The molecule has 0 saturated heterocycles. The minimum atomic E-state index is -0.360. The van der Waals surface area contributed by atoms with Gasteiger partial charge >= 0.3 is 0 Å². The third-order valence-electron chi connectivity index (χ3n) is 3.59. The van der Waals surface area contributed by atoms with E-state index in [1.165, 1.54) is 0 Å². The van der Waals surface area contributed by atoms with Gasteiger partial charge in [-0.2, -0.15) is 5.10 Å². The van der Waals surface area contributed by atoms with Gasteiger partial charge < -0.3 is 4.98 Å². The van der Waals surface area contributed by atoms with Crippen LogP contribution in [0, 0.1) is 0 Å². The highest BCUT2D eigenvalue weighted by molar-refractivity contribution is 6.31. The molecule has 0 aliphatic carbocycles. The van der Waals surface area contributed by atoms with E-state index in [0.29, 0.717) is 39.0 Å². The second-order valence-electron chi connectivity index (χ2n) is 5.44. The van der Waals surface area contributed by atoms with Crippen LogP contribution in [0.2, 0.25) is 5.02 Å². The zero-order valence-electron chi connectivity index (χ0n) is 14.1. The van der Waals surface area contributed by atoms with Crippen LogP contribution in [-0.4, -0.2) is 25.9 Å². The van der Waals surface area contributed by atoms with Crippen LogP contribution < -0.4 is 5.56 Å². The van der Waals surface area contributed by atoms with Crippen LogP contribution >= 0.6 is 11.6 Å². The molecular weight excluding hydrogens is 350 g/mol. The summed E-state index contributed by atoms with van der Waals surface area (Å²) in [6.07, 6.45) is 5.14. The number of nitrogens with zero attached hydrogens (tertiary/aromatic N) is 3. The Morgan fingerprint density at radius 3 is 2.88 bits per heavy atom. The number of fused-ring (bicyclic) bond motifs is 1. The number of rotatable bonds is 5. The lowest BCUT2D eigenvalue weighted by Crippen LogP contribution is -2.15. The Balaban J connectivity index is 2.14. The highest BCUT2D eigenvalue weighted by atomic mass is 35.5. The predicted molar refractivity (Wildman–Crippen MR) is 106 cm³/mol. The number of aromatic amines is 2. The lowest BCUT2D eigenvalue weighted by Gasteiger charge is -2.03. The lowest BCUT2D eigenvalue weighted by molar-refractivity contribution is 0.975. The first-order valence-corrected chi connectivity index (χ1v) is 8.18. The molecule has 1 aromatic carbocycles. The van der Waals surface area contributed by atoms with Crippen LogP contribution in [0.3, 0.4) is 0 Å². The van der Waals surface area contributed by atoms with Crippen molar-refractivity contribution in [2.45, 2.75) is 6.92 Å².